The van der Waals surface area contributed by atoms with Crippen LogP contribution in [0.1, 0.15) is 47.2 Å². The minimum Gasteiger partial charge on any atom is -0.454 e. The van der Waals surface area contributed by atoms with Crippen LogP contribution in [-0.2, 0) is 19.6 Å². The number of hydrogen-bond donors (Lipinski definition) is 3. The van der Waals surface area contributed by atoms with Crippen molar-refractivity contribution in [3.63, 3.8) is 0 Å². The molecule has 0 aliphatic carbocycles. The minimum absolute atomic E-state index is 0. The first-order chi connectivity index (χ1) is 13.6. The highest BCUT2D eigenvalue weighted by molar-refractivity contribution is 14.0. The number of likely N-dealkylation sites (tertiary alicyclic amines) is 1. The molecule has 1 fully saturated rings. The summed E-state index contributed by atoms with van der Waals surface area (Å²) in [5.74, 6) is 0.916. The Morgan fingerprint density at radius 2 is 1.79 bits per heavy atom. The number of benzene rings is 1. The number of nitrogens with zero attached hydrogens (tertiary/aromatic N) is 2. The Hall–Kier alpha value is -2.07. The Bertz CT molecular complexity index is 798. The standard InChI is InChI=1S/C21H29N5O2.HI/c1-2-23-21(25-14-18-9-10-19(28-18)20(22)27)24-13-16-5-7-17(8-6-16)15-26-11-3-4-12-26;/h5-10H,2-4,11-15H2,1H3,(H2,22,27)(H2,23,24,25);1H. The Labute approximate surface area is 189 Å². The summed E-state index contributed by atoms with van der Waals surface area (Å²) in [6.45, 7) is 7.23. The van der Waals surface area contributed by atoms with Gasteiger partial charge in [0.05, 0.1) is 13.1 Å². The summed E-state index contributed by atoms with van der Waals surface area (Å²) in [5.41, 5.74) is 7.72. The lowest BCUT2D eigenvalue weighted by Gasteiger charge is -2.14. The number of rotatable bonds is 8. The third-order valence-electron chi connectivity index (χ3n) is 4.73. The molecule has 0 bridgehead atoms. The highest BCUT2D eigenvalue weighted by atomic mass is 127. The fourth-order valence-corrected chi connectivity index (χ4v) is 3.24. The van der Waals surface area contributed by atoms with Crippen LogP contribution in [0, 0.1) is 0 Å². The lowest BCUT2D eigenvalue weighted by Crippen LogP contribution is -2.36. The second kappa shape index (κ2) is 11.8. The average molecular weight is 511 g/mol. The lowest BCUT2D eigenvalue weighted by molar-refractivity contribution is 0.0972. The minimum atomic E-state index is -0.569. The zero-order valence-electron chi connectivity index (χ0n) is 16.8. The van der Waals surface area contributed by atoms with Crippen molar-refractivity contribution in [2.75, 3.05) is 19.6 Å². The van der Waals surface area contributed by atoms with E-state index in [0.29, 0.717) is 24.8 Å². The number of carbonyl (C=O) groups excluding carboxylic acids is 1. The van der Waals surface area contributed by atoms with E-state index in [4.69, 9.17) is 10.2 Å². The topological polar surface area (TPSA) is 95.9 Å². The maximum absolute atomic E-state index is 11.1. The summed E-state index contributed by atoms with van der Waals surface area (Å²) in [4.78, 5) is 18.2. The molecule has 0 spiro atoms. The molecule has 4 N–H and O–H groups in total. The Morgan fingerprint density at radius 3 is 2.41 bits per heavy atom. The summed E-state index contributed by atoms with van der Waals surface area (Å²) >= 11 is 0. The summed E-state index contributed by atoms with van der Waals surface area (Å²) in [7, 11) is 0. The van der Waals surface area contributed by atoms with Gasteiger partial charge in [-0.2, -0.15) is 0 Å². The normalized spacial score (nSPS) is 14.4. The van der Waals surface area contributed by atoms with Crippen LogP contribution < -0.4 is 16.4 Å². The average Bonchev–Trinajstić information content (AvgIpc) is 3.37. The number of furan rings is 1. The molecule has 2 heterocycles. The SMILES string of the molecule is CCNC(=NCc1ccc(CN2CCCC2)cc1)NCc1ccc(C(N)=O)o1.I. The van der Waals surface area contributed by atoms with Gasteiger partial charge in [0.15, 0.2) is 11.7 Å². The molecule has 1 aromatic heterocycles. The third-order valence-corrected chi connectivity index (χ3v) is 4.73. The molecule has 3 rings (SSSR count). The molecular formula is C21H30IN5O2. The second-order valence-electron chi connectivity index (χ2n) is 6.98. The smallest absolute Gasteiger partial charge is 0.284 e. The van der Waals surface area contributed by atoms with E-state index >= 15 is 0 Å². The molecule has 1 aromatic carbocycles. The predicted molar refractivity (Wildman–Crippen MR) is 125 cm³/mol. The first-order valence-corrected chi connectivity index (χ1v) is 9.85. The van der Waals surface area contributed by atoms with Crippen molar-refractivity contribution in [1.82, 2.24) is 15.5 Å². The Kier molecular flexibility index (Phi) is 9.46. The largest absolute Gasteiger partial charge is 0.454 e. The van der Waals surface area contributed by atoms with E-state index in [-0.39, 0.29) is 29.7 Å². The molecule has 8 heteroatoms. The van der Waals surface area contributed by atoms with Crippen molar-refractivity contribution in [2.45, 2.75) is 39.4 Å². The van der Waals surface area contributed by atoms with Gasteiger partial charge in [0.25, 0.3) is 5.91 Å². The zero-order chi connectivity index (χ0) is 19.8. The van der Waals surface area contributed by atoms with E-state index in [1.54, 1.807) is 12.1 Å². The van der Waals surface area contributed by atoms with Crippen molar-refractivity contribution >= 4 is 35.8 Å². The molecule has 0 atom stereocenters. The van der Waals surface area contributed by atoms with Crippen molar-refractivity contribution in [2.24, 2.45) is 10.7 Å². The molecule has 158 valence electrons. The summed E-state index contributed by atoms with van der Waals surface area (Å²) in [6, 6.07) is 12.0. The Morgan fingerprint density at radius 1 is 1.10 bits per heavy atom. The van der Waals surface area contributed by atoms with Gasteiger partial charge < -0.3 is 20.8 Å². The van der Waals surface area contributed by atoms with Crippen LogP contribution in [0.5, 0.6) is 0 Å². The van der Waals surface area contributed by atoms with Crippen molar-refractivity contribution in [1.29, 1.82) is 0 Å². The number of primary amides is 1. The zero-order valence-corrected chi connectivity index (χ0v) is 19.1. The second-order valence-corrected chi connectivity index (χ2v) is 6.98. The molecular weight excluding hydrogens is 481 g/mol. The number of guanidine groups is 1. The van der Waals surface area contributed by atoms with Crippen LogP contribution in [0.15, 0.2) is 45.8 Å². The van der Waals surface area contributed by atoms with Gasteiger partial charge in [-0.05, 0) is 56.1 Å². The van der Waals surface area contributed by atoms with Gasteiger partial charge in [-0.25, -0.2) is 4.99 Å². The highest BCUT2D eigenvalue weighted by Gasteiger charge is 2.11. The molecule has 1 saturated heterocycles. The van der Waals surface area contributed by atoms with Crippen LogP contribution in [0.3, 0.4) is 0 Å². The van der Waals surface area contributed by atoms with E-state index in [1.165, 1.54) is 31.5 Å². The highest BCUT2D eigenvalue weighted by Crippen LogP contribution is 2.13. The number of carbonyl (C=O) groups is 1. The predicted octanol–water partition coefficient (Wildman–Crippen LogP) is 2.85. The molecule has 1 aliphatic heterocycles. The summed E-state index contributed by atoms with van der Waals surface area (Å²) in [5, 5.41) is 6.42. The molecule has 29 heavy (non-hydrogen) atoms. The summed E-state index contributed by atoms with van der Waals surface area (Å²) in [6.07, 6.45) is 2.63. The van der Waals surface area contributed by atoms with Crippen LogP contribution >= 0.6 is 24.0 Å². The lowest BCUT2D eigenvalue weighted by atomic mass is 10.1. The van der Waals surface area contributed by atoms with Crippen LogP contribution in [-0.4, -0.2) is 36.4 Å². The maximum Gasteiger partial charge on any atom is 0.284 e. The number of nitrogens with two attached hydrogens (primary N) is 1. The Balaban J connectivity index is 0.00000300. The van der Waals surface area contributed by atoms with Gasteiger partial charge in [-0.15, -0.1) is 24.0 Å². The van der Waals surface area contributed by atoms with Gasteiger partial charge in [-0.3, -0.25) is 9.69 Å². The molecule has 2 aromatic rings. The fourth-order valence-electron chi connectivity index (χ4n) is 3.24. The number of hydrogen-bond acceptors (Lipinski definition) is 4. The number of nitrogens with one attached hydrogen (secondary N) is 2. The molecule has 0 radical (unpaired) electrons. The molecule has 0 saturated carbocycles. The number of halogens is 1. The van der Waals surface area contributed by atoms with E-state index in [1.807, 2.05) is 6.92 Å². The van der Waals surface area contributed by atoms with Gasteiger partial charge in [0, 0.05) is 13.1 Å². The molecule has 0 unspecified atom stereocenters. The maximum atomic E-state index is 11.1. The van der Waals surface area contributed by atoms with Crippen molar-refractivity contribution < 1.29 is 9.21 Å². The quantitative estimate of drug-likeness (QED) is 0.288. The number of aliphatic imine (C=N–C) groups is 1. The van der Waals surface area contributed by atoms with E-state index in [2.05, 4.69) is 44.8 Å². The van der Waals surface area contributed by atoms with Crippen molar-refractivity contribution in [3.05, 3.63) is 59.0 Å². The van der Waals surface area contributed by atoms with E-state index < -0.39 is 5.91 Å². The number of amides is 1. The third kappa shape index (κ3) is 7.36. The molecule has 7 nitrogen and oxygen atoms in total. The first-order valence-electron chi connectivity index (χ1n) is 9.85. The van der Waals surface area contributed by atoms with E-state index in [9.17, 15) is 4.79 Å². The van der Waals surface area contributed by atoms with Crippen LogP contribution in [0.2, 0.25) is 0 Å². The van der Waals surface area contributed by atoms with Gasteiger partial charge in [0.1, 0.15) is 5.76 Å². The summed E-state index contributed by atoms with van der Waals surface area (Å²) < 4.78 is 5.38. The van der Waals surface area contributed by atoms with E-state index in [0.717, 1.165) is 18.7 Å². The molecule has 1 amide bonds. The van der Waals surface area contributed by atoms with Gasteiger partial charge >= 0.3 is 0 Å². The monoisotopic (exact) mass is 511 g/mol. The van der Waals surface area contributed by atoms with Crippen LogP contribution in [0.4, 0.5) is 0 Å². The van der Waals surface area contributed by atoms with Gasteiger partial charge in [0.2, 0.25) is 0 Å². The molecule has 1 aliphatic rings. The fraction of sp³-hybridized carbons (Fsp3) is 0.429. The first kappa shape index (κ1) is 23.2. The van der Waals surface area contributed by atoms with Crippen LogP contribution in [0.25, 0.3) is 0 Å². The van der Waals surface area contributed by atoms with Gasteiger partial charge in [-0.1, -0.05) is 24.3 Å². The van der Waals surface area contributed by atoms with Crippen molar-refractivity contribution in [3.8, 4) is 0 Å².